The Hall–Kier alpha value is -1.06. The molecule has 1 atom stereocenters. The molecule has 1 aromatic carbocycles. The molecule has 1 rings (SSSR count). The molecule has 3 nitrogen and oxygen atoms in total. The number of benzene rings is 1. The molecule has 0 amide bonds. The highest BCUT2D eigenvalue weighted by atomic mass is 16.5. The van der Waals surface area contributed by atoms with E-state index in [2.05, 4.69) is 69.3 Å². The van der Waals surface area contributed by atoms with Gasteiger partial charge in [0.05, 0.1) is 6.61 Å². The summed E-state index contributed by atoms with van der Waals surface area (Å²) in [7, 11) is 4.12. The highest BCUT2D eigenvalue weighted by Gasteiger charge is 2.04. The van der Waals surface area contributed by atoms with Crippen molar-refractivity contribution >= 4 is 5.69 Å². The molecule has 3 heteroatoms. The second kappa shape index (κ2) is 8.98. The van der Waals surface area contributed by atoms with Crippen LogP contribution in [0, 0.1) is 5.92 Å². The third-order valence-electron chi connectivity index (χ3n) is 3.45. The highest BCUT2D eigenvalue weighted by molar-refractivity contribution is 5.46. The Morgan fingerprint density at radius 2 is 1.70 bits per heavy atom. The van der Waals surface area contributed by atoms with Crippen molar-refractivity contribution < 1.29 is 4.74 Å². The number of anilines is 1. The predicted molar refractivity (Wildman–Crippen MR) is 87.5 cm³/mol. The number of nitrogens with zero attached hydrogens (tertiary/aromatic N) is 1. The standard InChI is InChI=1S/C17H30N2O/c1-14(2)10-12-20-13-11-18-15(3)16-6-8-17(9-7-16)19(4)5/h6-9,14-15,18H,10-13H2,1-5H3. The van der Waals surface area contributed by atoms with Gasteiger partial charge in [-0.05, 0) is 37.0 Å². The Balaban J connectivity index is 2.23. The van der Waals surface area contributed by atoms with Crippen molar-refractivity contribution in [1.82, 2.24) is 5.32 Å². The summed E-state index contributed by atoms with van der Waals surface area (Å²) in [5.41, 5.74) is 2.55. The molecule has 20 heavy (non-hydrogen) atoms. The lowest BCUT2D eigenvalue weighted by Gasteiger charge is -2.17. The van der Waals surface area contributed by atoms with Gasteiger partial charge in [-0.25, -0.2) is 0 Å². The van der Waals surface area contributed by atoms with Crippen molar-refractivity contribution in [2.75, 3.05) is 38.8 Å². The third kappa shape index (κ3) is 6.40. The largest absolute Gasteiger partial charge is 0.380 e. The van der Waals surface area contributed by atoms with Crippen LogP contribution in [0.5, 0.6) is 0 Å². The molecule has 114 valence electrons. The van der Waals surface area contributed by atoms with Crippen LogP contribution in [0.3, 0.4) is 0 Å². The van der Waals surface area contributed by atoms with E-state index in [1.807, 2.05) is 0 Å². The van der Waals surface area contributed by atoms with Crippen LogP contribution in [0.25, 0.3) is 0 Å². The second-order valence-corrected chi connectivity index (χ2v) is 5.96. The Morgan fingerprint density at radius 1 is 1.05 bits per heavy atom. The van der Waals surface area contributed by atoms with Gasteiger partial charge < -0.3 is 15.0 Å². The van der Waals surface area contributed by atoms with Crippen LogP contribution in [-0.2, 0) is 4.74 Å². The predicted octanol–water partition coefficient (Wildman–Crippen LogP) is 3.47. The van der Waals surface area contributed by atoms with Crippen LogP contribution < -0.4 is 10.2 Å². The molecule has 1 unspecified atom stereocenters. The van der Waals surface area contributed by atoms with Crippen molar-refractivity contribution in [3.05, 3.63) is 29.8 Å². The molecule has 0 saturated heterocycles. The quantitative estimate of drug-likeness (QED) is 0.700. The van der Waals surface area contributed by atoms with Crippen LogP contribution in [0.4, 0.5) is 5.69 Å². The van der Waals surface area contributed by atoms with E-state index in [-0.39, 0.29) is 0 Å². The van der Waals surface area contributed by atoms with Crippen molar-refractivity contribution in [2.45, 2.75) is 33.2 Å². The molecule has 0 radical (unpaired) electrons. The number of hydrogen-bond donors (Lipinski definition) is 1. The first-order valence-corrected chi connectivity index (χ1v) is 7.59. The molecule has 0 fully saturated rings. The van der Waals surface area contributed by atoms with Gasteiger partial charge in [-0.1, -0.05) is 26.0 Å². The second-order valence-electron chi connectivity index (χ2n) is 5.96. The minimum atomic E-state index is 0.361. The lowest BCUT2D eigenvalue weighted by atomic mass is 10.1. The SMILES string of the molecule is CC(C)CCOCCNC(C)c1ccc(N(C)C)cc1. The average molecular weight is 278 g/mol. The topological polar surface area (TPSA) is 24.5 Å². The first-order chi connectivity index (χ1) is 9.50. The molecule has 0 aliphatic rings. The maximum atomic E-state index is 5.61. The van der Waals surface area contributed by atoms with E-state index >= 15 is 0 Å². The summed E-state index contributed by atoms with van der Waals surface area (Å²) < 4.78 is 5.61. The summed E-state index contributed by atoms with van der Waals surface area (Å²) in [6, 6.07) is 9.05. The number of nitrogens with one attached hydrogen (secondary N) is 1. The first-order valence-electron chi connectivity index (χ1n) is 7.59. The zero-order valence-electron chi connectivity index (χ0n) is 13.6. The monoisotopic (exact) mass is 278 g/mol. The van der Waals surface area contributed by atoms with Gasteiger partial charge in [0.25, 0.3) is 0 Å². The Bertz CT molecular complexity index is 360. The van der Waals surface area contributed by atoms with Gasteiger partial charge in [-0.3, -0.25) is 0 Å². The van der Waals surface area contributed by atoms with E-state index in [0.29, 0.717) is 6.04 Å². The van der Waals surface area contributed by atoms with Crippen molar-refractivity contribution in [2.24, 2.45) is 5.92 Å². The van der Waals surface area contributed by atoms with Crippen LogP contribution >= 0.6 is 0 Å². The van der Waals surface area contributed by atoms with Gasteiger partial charge in [0.1, 0.15) is 0 Å². The van der Waals surface area contributed by atoms with Crippen molar-refractivity contribution in [3.8, 4) is 0 Å². The molecule has 0 aliphatic carbocycles. The first kappa shape index (κ1) is 17.0. The summed E-state index contributed by atoms with van der Waals surface area (Å²) in [5, 5.41) is 3.50. The molecular weight excluding hydrogens is 248 g/mol. The van der Waals surface area contributed by atoms with Crippen molar-refractivity contribution in [1.29, 1.82) is 0 Å². The molecule has 1 N–H and O–H groups in total. The van der Waals surface area contributed by atoms with Gasteiger partial charge in [-0.15, -0.1) is 0 Å². The summed E-state index contributed by atoms with van der Waals surface area (Å²) in [6.45, 7) is 9.19. The zero-order valence-corrected chi connectivity index (χ0v) is 13.6. The maximum Gasteiger partial charge on any atom is 0.0591 e. The lowest BCUT2D eigenvalue weighted by molar-refractivity contribution is 0.123. The normalized spacial score (nSPS) is 12.7. The highest BCUT2D eigenvalue weighted by Crippen LogP contribution is 2.17. The van der Waals surface area contributed by atoms with E-state index in [1.165, 1.54) is 11.3 Å². The van der Waals surface area contributed by atoms with Gasteiger partial charge in [-0.2, -0.15) is 0 Å². The van der Waals surface area contributed by atoms with Crippen LogP contribution in [-0.4, -0.2) is 33.9 Å². The Labute approximate surface area is 124 Å². The van der Waals surface area contributed by atoms with Crippen LogP contribution in [0.2, 0.25) is 0 Å². The molecule has 1 aromatic rings. The summed E-state index contributed by atoms with van der Waals surface area (Å²) in [6.07, 6.45) is 1.14. The fraction of sp³-hybridized carbons (Fsp3) is 0.647. The summed E-state index contributed by atoms with van der Waals surface area (Å²) >= 11 is 0. The van der Waals surface area contributed by atoms with Gasteiger partial charge in [0.15, 0.2) is 0 Å². The number of rotatable bonds is 9. The smallest absolute Gasteiger partial charge is 0.0591 e. The van der Waals surface area contributed by atoms with Crippen LogP contribution in [0.15, 0.2) is 24.3 Å². The third-order valence-corrected chi connectivity index (χ3v) is 3.45. The molecule has 0 heterocycles. The zero-order chi connectivity index (χ0) is 15.0. The number of ether oxygens (including phenoxy) is 1. The minimum absolute atomic E-state index is 0.361. The molecule has 0 aromatic heterocycles. The number of hydrogen-bond acceptors (Lipinski definition) is 3. The molecule has 0 spiro atoms. The minimum Gasteiger partial charge on any atom is -0.380 e. The average Bonchev–Trinajstić information content (AvgIpc) is 2.42. The summed E-state index contributed by atoms with van der Waals surface area (Å²) in [5.74, 6) is 0.720. The van der Waals surface area contributed by atoms with E-state index in [1.54, 1.807) is 0 Å². The molecule has 0 aliphatic heterocycles. The van der Waals surface area contributed by atoms with Crippen LogP contribution in [0.1, 0.15) is 38.8 Å². The Morgan fingerprint density at radius 3 is 2.25 bits per heavy atom. The van der Waals surface area contributed by atoms with E-state index < -0.39 is 0 Å². The fourth-order valence-electron chi connectivity index (χ4n) is 1.95. The lowest BCUT2D eigenvalue weighted by Crippen LogP contribution is -2.23. The van der Waals surface area contributed by atoms with E-state index in [0.717, 1.165) is 32.1 Å². The maximum absolute atomic E-state index is 5.61. The Kier molecular flexibility index (Phi) is 7.63. The molecule has 0 saturated carbocycles. The molecule has 0 bridgehead atoms. The summed E-state index contributed by atoms with van der Waals surface area (Å²) in [4.78, 5) is 2.12. The van der Waals surface area contributed by atoms with E-state index in [9.17, 15) is 0 Å². The molecular formula is C17H30N2O. The van der Waals surface area contributed by atoms with Crippen molar-refractivity contribution in [3.63, 3.8) is 0 Å². The van der Waals surface area contributed by atoms with E-state index in [4.69, 9.17) is 4.74 Å². The van der Waals surface area contributed by atoms with Gasteiger partial charge in [0.2, 0.25) is 0 Å². The van der Waals surface area contributed by atoms with Gasteiger partial charge in [0, 0.05) is 39.0 Å². The van der Waals surface area contributed by atoms with Gasteiger partial charge >= 0.3 is 0 Å². The fourth-order valence-corrected chi connectivity index (χ4v) is 1.95.